The predicted octanol–water partition coefficient (Wildman–Crippen LogP) is 1.01. The second-order valence-electron chi connectivity index (χ2n) is 5.90. The average Bonchev–Trinajstić information content (AvgIpc) is 2.89. The number of aliphatic hydroxyl groups excluding tert-OH is 1. The third-order valence-corrected chi connectivity index (χ3v) is 4.31. The van der Waals surface area contributed by atoms with E-state index >= 15 is 0 Å². The van der Waals surface area contributed by atoms with Crippen LogP contribution in [0.3, 0.4) is 0 Å². The largest absolute Gasteiger partial charge is 0.411 e. The molecule has 128 valence electrons. The predicted molar refractivity (Wildman–Crippen MR) is 73.3 cm³/mol. The maximum absolute atomic E-state index is 11.9. The number of rotatable bonds is 5. The van der Waals surface area contributed by atoms with Crippen LogP contribution in [0.1, 0.15) is 25.7 Å². The summed E-state index contributed by atoms with van der Waals surface area (Å²) in [5.41, 5.74) is 0. The van der Waals surface area contributed by atoms with E-state index in [1.54, 1.807) is 4.90 Å². The third-order valence-electron chi connectivity index (χ3n) is 4.31. The van der Waals surface area contributed by atoms with Crippen LogP contribution in [0.25, 0.3) is 0 Å². The van der Waals surface area contributed by atoms with E-state index in [0.717, 1.165) is 19.3 Å². The first-order chi connectivity index (χ1) is 10.4. The van der Waals surface area contributed by atoms with Crippen LogP contribution < -0.4 is 0 Å². The molecule has 0 aromatic rings. The van der Waals surface area contributed by atoms with Gasteiger partial charge in [-0.2, -0.15) is 13.2 Å². The number of hydrogen-bond donors (Lipinski definition) is 1. The van der Waals surface area contributed by atoms with Gasteiger partial charge in [0.05, 0.1) is 19.1 Å². The molecule has 1 aliphatic carbocycles. The van der Waals surface area contributed by atoms with E-state index in [9.17, 15) is 23.1 Å². The van der Waals surface area contributed by atoms with Crippen molar-refractivity contribution in [2.75, 3.05) is 39.4 Å². The van der Waals surface area contributed by atoms with E-state index in [1.165, 1.54) is 0 Å². The molecule has 1 saturated heterocycles. The first-order valence-electron chi connectivity index (χ1n) is 7.71. The maximum atomic E-state index is 11.9. The zero-order valence-corrected chi connectivity index (χ0v) is 12.5. The van der Waals surface area contributed by atoms with E-state index in [-0.39, 0.29) is 31.1 Å². The summed E-state index contributed by atoms with van der Waals surface area (Å²) in [6.07, 6.45) is -1.81. The standard InChI is InChI=1S/C14H23F3N2O3/c15-14(16,17)10-22-9-4-13(21)19-7-5-18(6-8-19)11-2-1-3-12(11)20/h11-12,20H,1-10H2/t11-,12-/m1/s1. The van der Waals surface area contributed by atoms with Gasteiger partial charge in [-0.15, -0.1) is 0 Å². The molecule has 0 aromatic carbocycles. The molecule has 0 spiro atoms. The molecular formula is C14H23F3N2O3. The molecule has 1 saturated carbocycles. The van der Waals surface area contributed by atoms with Crippen molar-refractivity contribution in [3.05, 3.63) is 0 Å². The smallest absolute Gasteiger partial charge is 0.391 e. The van der Waals surface area contributed by atoms with E-state index < -0.39 is 12.8 Å². The van der Waals surface area contributed by atoms with Gasteiger partial charge in [0, 0.05) is 32.2 Å². The summed E-state index contributed by atoms with van der Waals surface area (Å²) >= 11 is 0. The van der Waals surface area contributed by atoms with Crippen LogP contribution in [0.15, 0.2) is 0 Å². The fraction of sp³-hybridized carbons (Fsp3) is 0.929. The molecule has 0 bridgehead atoms. The molecular weight excluding hydrogens is 301 g/mol. The molecule has 1 aliphatic heterocycles. The molecule has 2 aliphatic rings. The molecule has 8 heteroatoms. The fourth-order valence-electron chi connectivity index (χ4n) is 3.16. The monoisotopic (exact) mass is 324 g/mol. The highest BCUT2D eigenvalue weighted by atomic mass is 19.4. The second kappa shape index (κ2) is 7.61. The highest BCUT2D eigenvalue weighted by Gasteiger charge is 2.33. The lowest BCUT2D eigenvalue weighted by molar-refractivity contribution is -0.175. The van der Waals surface area contributed by atoms with E-state index in [4.69, 9.17) is 0 Å². The molecule has 2 fully saturated rings. The zero-order valence-electron chi connectivity index (χ0n) is 12.5. The van der Waals surface area contributed by atoms with Crippen LogP contribution in [0, 0.1) is 0 Å². The molecule has 1 heterocycles. The van der Waals surface area contributed by atoms with Crippen molar-refractivity contribution >= 4 is 5.91 Å². The maximum Gasteiger partial charge on any atom is 0.411 e. The van der Waals surface area contributed by atoms with Crippen LogP contribution in [0.5, 0.6) is 0 Å². The van der Waals surface area contributed by atoms with Gasteiger partial charge in [0.25, 0.3) is 0 Å². The normalized spacial score (nSPS) is 27.4. The van der Waals surface area contributed by atoms with Crippen molar-refractivity contribution in [2.45, 2.75) is 44.0 Å². The fourth-order valence-corrected chi connectivity index (χ4v) is 3.16. The minimum atomic E-state index is -4.35. The molecule has 5 nitrogen and oxygen atoms in total. The Balaban J connectivity index is 1.64. The summed E-state index contributed by atoms with van der Waals surface area (Å²) in [7, 11) is 0. The van der Waals surface area contributed by atoms with Gasteiger partial charge < -0.3 is 14.7 Å². The van der Waals surface area contributed by atoms with Crippen LogP contribution in [-0.2, 0) is 9.53 Å². The minimum absolute atomic E-state index is 0.0257. The third kappa shape index (κ3) is 5.10. The first-order valence-corrected chi connectivity index (χ1v) is 7.71. The number of aliphatic hydroxyl groups is 1. The first kappa shape index (κ1) is 17.5. The highest BCUT2D eigenvalue weighted by molar-refractivity contribution is 5.76. The van der Waals surface area contributed by atoms with Crippen molar-refractivity contribution in [3.8, 4) is 0 Å². The quantitative estimate of drug-likeness (QED) is 0.767. The molecule has 1 amide bonds. The van der Waals surface area contributed by atoms with Crippen LogP contribution >= 0.6 is 0 Å². The SMILES string of the molecule is O=C(CCOCC(F)(F)F)N1CCN([C@@H]2CCC[C@H]2O)CC1. The summed E-state index contributed by atoms with van der Waals surface area (Å²) in [5, 5.41) is 9.89. The van der Waals surface area contributed by atoms with Crippen molar-refractivity contribution in [1.29, 1.82) is 0 Å². The lowest BCUT2D eigenvalue weighted by Gasteiger charge is -2.39. The molecule has 0 aromatic heterocycles. The van der Waals surface area contributed by atoms with Crippen LogP contribution in [0.2, 0.25) is 0 Å². The van der Waals surface area contributed by atoms with E-state index in [0.29, 0.717) is 26.2 Å². The number of amides is 1. The molecule has 0 radical (unpaired) electrons. The number of carbonyl (C=O) groups excluding carboxylic acids is 1. The minimum Gasteiger partial charge on any atom is -0.391 e. The molecule has 2 rings (SSSR count). The van der Waals surface area contributed by atoms with Gasteiger partial charge in [-0.1, -0.05) is 0 Å². The zero-order chi connectivity index (χ0) is 16.2. The van der Waals surface area contributed by atoms with Gasteiger partial charge in [0.2, 0.25) is 5.91 Å². The molecule has 0 unspecified atom stereocenters. The molecule has 22 heavy (non-hydrogen) atoms. The number of halogens is 3. The number of piperazine rings is 1. The summed E-state index contributed by atoms with van der Waals surface area (Å²) < 4.78 is 40.2. The molecule has 2 atom stereocenters. The van der Waals surface area contributed by atoms with E-state index in [1.807, 2.05) is 0 Å². The Morgan fingerprint density at radius 3 is 2.41 bits per heavy atom. The van der Waals surface area contributed by atoms with Crippen molar-refractivity contribution < 1.29 is 27.8 Å². The van der Waals surface area contributed by atoms with Gasteiger partial charge >= 0.3 is 6.18 Å². The number of carbonyl (C=O) groups is 1. The Bertz CT molecular complexity index is 371. The Morgan fingerprint density at radius 1 is 1.18 bits per heavy atom. The van der Waals surface area contributed by atoms with Crippen LogP contribution in [-0.4, -0.2) is 78.5 Å². The Labute approximate surface area is 128 Å². The van der Waals surface area contributed by atoms with Gasteiger partial charge in [-0.3, -0.25) is 9.69 Å². The average molecular weight is 324 g/mol. The van der Waals surface area contributed by atoms with Gasteiger partial charge in [-0.25, -0.2) is 0 Å². The van der Waals surface area contributed by atoms with Crippen LogP contribution in [0.4, 0.5) is 13.2 Å². The summed E-state index contributed by atoms with van der Waals surface area (Å²) in [4.78, 5) is 15.8. The van der Waals surface area contributed by atoms with Gasteiger partial charge in [0.1, 0.15) is 6.61 Å². The Hall–Kier alpha value is -0.860. The Morgan fingerprint density at radius 2 is 1.86 bits per heavy atom. The topological polar surface area (TPSA) is 53.0 Å². The number of ether oxygens (including phenoxy) is 1. The highest BCUT2D eigenvalue weighted by Crippen LogP contribution is 2.25. The van der Waals surface area contributed by atoms with Crippen molar-refractivity contribution in [3.63, 3.8) is 0 Å². The lowest BCUT2D eigenvalue weighted by atomic mass is 10.1. The summed E-state index contributed by atoms with van der Waals surface area (Å²) in [6.45, 7) is 1.00. The Kier molecular flexibility index (Phi) is 6.05. The lowest BCUT2D eigenvalue weighted by Crippen LogP contribution is -2.53. The number of hydrogen-bond acceptors (Lipinski definition) is 4. The van der Waals surface area contributed by atoms with Gasteiger partial charge in [-0.05, 0) is 19.3 Å². The number of nitrogens with zero attached hydrogens (tertiary/aromatic N) is 2. The summed E-state index contributed by atoms with van der Waals surface area (Å²) in [5.74, 6) is -0.172. The van der Waals surface area contributed by atoms with Gasteiger partial charge in [0.15, 0.2) is 0 Å². The van der Waals surface area contributed by atoms with Crippen molar-refractivity contribution in [2.24, 2.45) is 0 Å². The van der Waals surface area contributed by atoms with E-state index in [2.05, 4.69) is 9.64 Å². The second-order valence-corrected chi connectivity index (χ2v) is 5.90. The number of alkyl halides is 3. The summed E-state index contributed by atoms with van der Waals surface area (Å²) in [6, 6.07) is 0.187. The molecule has 1 N–H and O–H groups in total. The van der Waals surface area contributed by atoms with Crippen molar-refractivity contribution in [1.82, 2.24) is 9.80 Å².